The first-order chi connectivity index (χ1) is 6.74. The number of ether oxygens (including phenoxy) is 1. The summed E-state index contributed by atoms with van der Waals surface area (Å²) < 4.78 is 9.80. The molecular weight excluding hydrogens is 180 g/mol. The number of carbonyl (C=O) groups is 1. The summed E-state index contributed by atoms with van der Waals surface area (Å²) in [6.07, 6.45) is 1.58. The molecule has 14 heavy (non-hydrogen) atoms. The van der Waals surface area contributed by atoms with Crippen LogP contribution in [0.2, 0.25) is 0 Å². The minimum Gasteiger partial charge on any atom is -0.468 e. The van der Waals surface area contributed by atoms with Crippen molar-refractivity contribution in [2.75, 3.05) is 6.61 Å². The average molecular weight is 192 g/mol. The van der Waals surface area contributed by atoms with Crippen LogP contribution >= 0.6 is 0 Å². The Morgan fingerprint density at radius 3 is 3.07 bits per heavy atom. The fourth-order valence-electron chi connectivity index (χ4n) is 0.943. The molecule has 3 nitrogen and oxygen atoms in total. The van der Waals surface area contributed by atoms with Crippen molar-refractivity contribution < 1.29 is 13.9 Å². The smallest absolute Gasteiger partial charge is 0.384 e. The van der Waals surface area contributed by atoms with Crippen LogP contribution < -0.4 is 0 Å². The minimum absolute atomic E-state index is 0.0885. The van der Waals surface area contributed by atoms with Crippen LogP contribution in [0, 0.1) is 11.8 Å². The lowest BCUT2D eigenvalue weighted by Crippen LogP contribution is -2.00. The van der Waals surface area contributed by atoms with E-state index in [1.165, 1.54) is 0 Å². The normalized spacial score (nSPS) is 11.3. The monoisotopic (exact) mass is 192 g/mol. The van der Waals surface area contributed by atoms with Crippen molar-refractivity contribution in [2.45, 2.75) is 19.8 Å². The number of hydrogen-bond donors (Lipinski definition) is 0. The van der Waals surface area contributed by atoms with Gasteiger partial charge in [-0.1, -0.05) is 5.92 Å². The van der Waals surface area contributed by atoms with Crippen LogP contribution in [0.5, 0.6) is 0 Å². The molecule has 1 aromatic rings. The first kappa shape index (κ1) is 10.4. The molecule has 1 rings (SSSR count). The summed E-state index contributed by atoms with van der Waals surface area (Å²) in [5.41, 5.74) is 0. The summed E-state index contributed by atoms with van der Waals surface area (Å²) in [6, 6.07) is 3.61. The van der Waals surface area contributed by atoms with E-state index in [0.29, 0.717) is 6.61 Å². The highest BCUT2D eigenvalue weighted by molar-refractivity contribution is 5.88. The molecule has 0 radical (unpaired) electrons. The van der Waals surface area contributed by atoms with E-state index in [1.807, 2.05) is 13.0 Å². The predicted molar refractivity (Wildman–Crippen MR) is 51.5 cm³/mol. The van der Waals surface area contributed by atoms with Crippen molar-refractivity contribution in [3.63, 3.8) is 0 Å². The molecule has 3 heteroatoms. The molecule has 1 atom stereocenters. The Morgan fingerprint density at radius 1 is 1.71 bits per heavy atom. The molecule has 0 bridgehead atoms. The van der Waals surface area contributed by atoms with Crippen molar-refractivity contribution in [1.29, 1.82) is 0 Å². The van der Waals surface area contributed by atoms with E-state index in [2.05, 4.69) is 16.6 Å². The molecule has 0 fully saturated rings. The number of carbonyl (C=O) groups excluding carboxylic acids is 1. The van der Waals surface area contributed by atoms with Gasteiger partial charge in [-0.15, -0.1) is 0 Å². The molecular formula is C11H12O3. The summed E-state index contributed by atoms with van der Waals surface area (Å²) in [5.74, 6) is 5.32. The lowest BCUT2D eigenvalue weighted by atomic mass is 10.1. The molecule has 1 aromatic heterocycles. The van der Waals surface area contributed by atoms with E-state index in [1.54, 1.807) is 19.3 Å². The average Bonchev–Trinajstić information content (AvgIpc) is 2.67. The van der Waals surface area contributed by atoms with Crippen LogP contribution in [0.25, 0.3) is 0 Å². The van der Waals surface area contributed by atoms with Crippen LogP contribution in [-0.2, 0) is 9.53 Å². The first-order valence-electron chi connectivity index (χ1n) is 4.45. The van der Waals surface area contributed by atoms with Crippen LogP contribution in [0.4, 0.5) is 0 Å². The Bertz CT molecular complexity index is 340. The van der Waals surface area contributed by atoms with Gasteiger partial charge in [0.1, 0.15) is 5.76 Å². The highest BCUT2D eigenvalue weighted by Crippen LogP contribution is 2.13. The fourth-order valence-corrected chi connectivity index (χ4v) is 0.943. The van der Waals surface area contributed by atoms with E-state index in [0.717, 1.165) is 5.76 Å². The molecule has 0 spiro atoms. The quantitative estimate of drug-likeness (QED) is 0.408. The molecule has 0 aliphatic rings. The van der Waals surface area contributed by atoms with Gasteiger partial charge in [-0.2, -0.15) is 0 Å². The van der Waals surface area contributed by atoms with Crippen LogP contribution in [0.3, 0.4) is 0 Å². The van der Waals surface area contributed by atoms with Crippen molar-refractivity contribution in [3.8, 4) is 11.8 Å². The highest BCUT2D eigenvalue weighted by Gasteiger charge is 2.04. The lowest BCUT2D eigenvalue weighted by molar-refractivity contribution is -0.136. The Balaban J connectivity index is 2.55. The molecule has 0 aliphatic heterocycles. The summed E-state index contributed by atoms with van der Waals surface area (Å²) in [7, 11) is 0. The summed E-state index contributed by atoms with van der Waals surface area (Å²) >= 11 is 0. The number of furan rings is 1. The predicted octanol–water partition coefficient (Wildman–Crippen LogP) is 1.95. The zero-order valence-corrected chi connectivity index (χ0v) is 8.24. The third-order valence-electron chi connectivity index (χ3n) is 1.64. The Morgan fingerprint density at radius 2 is 2.50 bits per heavy atom. The van der Waals surface area contributed by atoms with E-state index in [-0.39, 0.29) is 5.92 Å². The van der Waals surface area contributed by atoms with E-state index in [4.69, 9.17) is 4.42 Å². The third kappa shape index (κ3) is 2.98. The van der Waals surface area contributed by atoms with Gasteiger partial charge in [0.2, 0.25) is 0 Å². The molecule has 0 saturated heterocycles. The van der Waals surface area contributed by atoms with Gasteiger partial charge in [0.05, 0.1) is 18.8 Å². The maximum Gasteiger partial charge on any atom is 0.384 e. The SMILES string of the molecule is CCOC(=O)C#CC(C)c1ccco1. The minimum atomic E-state index is -0.495. The first-order valence-corrected chi connectivity index (χ1v) is 4.45. The Kier molecular flexibility index (Phi) is 3.81. The number of esters is 1. The topological polar surface area (TPSA) is 39.4 Å². The van der Waals surface area contributed by atoms with Gasteiger partial charge in [0.15, 0.2) is 0 Å². The molecule has 0 aromatic carbocycles. The van der Waals surface area contributed by atoms with Crippen molar-refractivity contribution in [2.24, 2.45) is 0 Å². The van der Waals surface area contributed by atoms with Gasteiger partial charge < -0.3 is 9.15 Å². The van der Waals surface area contributed by atoms with Crippen molar-refractivity contribution >= 4 is 5.97 Å². The van der Waals surface area contributed by atoms with E-state index in [9.17, 15) is 4.79 Å². The second kappa shape index (κ2) is 5.13. The van der Waals surface area contributed by atoms with Crippen molar-refractivity contribution in [1.82, 2.24) is 0 Å². The van der Waals surface area contributed by atoms with Gasteiger partial charge in [0.25, 0.3) is 0 Å². The molecule has 0 saturated carbocycles. The number of hydrogen-bond acceptors (Lipinski definition) is 3. The van der Waals surface area contributed by atoms with Crippen LogP contribution in [0.15, 0.2) is 22.8 Å². The molecule has 0 amide bonds. The van der Waals surface area contributed by atoms with Crippen molar-refractivity contribution in [3.05, 3.63) is 24.2 Å². The lowest BCUT2D eigenvalue weighted by Gasteiger charge is -1.97. The second-order valence-corrected chi connectivity index (χ2v) is 2.73. The summed E-state index contributed by atoms with van der Waals surface area (Å²) in [4.78, 5) is 10.9. The summed E-state index contributed by atoms with van der Waals surface area (Å²) in [5, 5.41) is 0. The second-order valence-electron chi connectivity index (χ2n) is 2.73. The zero-order chi connectivity index (χ0) is 10.4. The van der Waals surface area contributed by atoms with Gasteiger partial charge in [0, 0.05) is 5.92 Å². The highest BCUT2D eigenvalue weighted by atomic mass is 16.5. The van der Waals surface area contributed by atoms with Gasteiger partial charge >= 0.3 is 5.97 Å². The van der Waals surface area contributed by atoms with E-state index < -0.39 is 5.97 Å². The third-order valence-corrected chi connectivity index (χ3v) is 1.64. The number of rotatable bonds is 2. The van der Waals surface area contributed by atoms with E-state index >= 15 is 0 Å². The van der Waals surface area contributed by atoms with Crippen LogP contribution in [0.1, 0.15) is 25.5 Å². The standard InChI is InChI=1S/C11H12O3/c1-3-13-11(12)7-6-9(2)10-5-4-8-14-10/h4-5,8-9H,3H2,1-2H3. The van der Waals surface area contributed by atoms with Crippen LogP contribution in [-0.4, -0.2) is 12.6 Å². The fraction of sp³-hybridized carbons (Fsp3) is 0.364. The zero-order valence-electron chi connectivity index (χ0n) is 8.24. The summed E-state index contributed by atoms with van der Waals surface area (Å²) in [6.45, 7) is 3.96. The Labute approximate surface area is 83.1 Å². The van der Waals surface area contributed by atoms with Gasteiger partial charge in [-0.05, 0) is 26.0 Å². The molecule has 0 N–H and O–H groups in total. The van der Waals surface area contributed by atoms with Gasteiger partial charge in [-0.25, -0.2) is 4.79 Å². The molecule has 0 aliphatic carbocycles. The molecule has 1 unspecified atom stereocenters. The Hall–Kier alpha value is -1.69. The maximum atomic E-state index is 10.9. The maximum absolute atomic E-state index is 10.9. The van der Waals surface area contributed by atoms with Gasteiger partial charge in [-0.3, -0.25) is 0 Å². The molecule has 1 heterocycles. The largest absolute Gasteiger partial charge is 0.468 e. The molecule has 74 valence electrons.